The molecule has 0 aromatic heterocycles. The van der Waals surface area contributed by atoms with Gasteiger partial charge in [0.2, 0.25) is 0 Å². The monoisotopic (exact) mass is 214 g/mol. The normalized spacial score (nSPS) is 42.0. The van der Waals surface area contributed by atoms with Gasteiger partial charge in [-0.1, -0.05) is 0 Å². The molecular formula is C6H12Te. The van der Waals surface area contributed by atoms with Gasteiger partial charge in [0.1, 0.15) is 0 Å². The summed E-state index contributed by atoms with van der Waals surface area (Å²) in [6, 6.07) is 0. The molecule has 1 saturated heterocycles. The molecule has 0 aromatic rings. The van der Waals surface area contributed by atoms with Gasteiger partial charge < -0.3 is 0 Å². The molecule has 1 heterocycles. The van der Waals surface area contributed by atoms with Crippen LogP contribution in [0.2, 0.25) is 7.93 Å². The van der Waals surface area contributed by atoms with Gasteiger partial charge in [-0.15, -0.1) is 0 Å². The predicted octanol–water partition coefficient (Wildman–Crippen LogP) is 2.10. The van der Waals surface area contributed by atoms with E-state index in [1.165, 1.54) is 12.8 Å². The third-order valence-electron chi connectivity index (χ3n) is 1.44. The molecule has 0 radical (unpaired) electrons. The number of rotatable bonds is 0. The Balaban J connectivity index is 2.26. The molecule has 42 valence electrons. The van der Waals surface area contributed by atoms with Gasteiger partial charge in [-0.05, 0) is 0 Å². The Kier molecular flexibility index (Phi) is 2.01. The van der Waals surface area contributed by atoms with Crippen LogP contribution in [0.3, 0.4) is 0 Å². The van der Waals surface area contributed by atoms with Crippen molar-refractivity contribution in [1.29, 1.82) is 0 Å². The zero-order valence-electron chi connectivity index (χ0n) is 4.98. The topological polar surface area (TPSA) is 0 Å². The van der Waals surface area contributed by atoms with Crippen LogP contribution in [-0.2, 0) is 0 Å². The minimum absolute atomic E-state index is 0.461. The number of hydrogen-bond acceptors (Lipinski definition) is 0. The van der Waals surface area contributed by atoms with Crippen molar-refractivity contribution in [3.63, 3.8) is 0 Å². The van der Waals surface area contributed by atoms with E-state index in [1.807, 2.05) is 0 Å². The van der Waals surface area contributed by atoms with Gasteiger partial charge in [0.15, 0.2) is 0 Å². The SMILES string of the molecule is CC1CCC(C)[Te]1. The first kappa shape index (κ1) is 5.92. The van der Waals surface area contributed by atoms with Crippen molar-refractivity contribution in [3.05, 3.63) is 0 Å². The second kappa shape index (κ2) is 2.37. The average molecular weight is 212 g/mol. The fraction of sp³-hybridized carbons (Fsp3) is 1.00. The Morgan fingerprint density at radius 2 is 1.57 bits per heavy atom. The molecule has 1 aliphatic rings. The molecule has 1 heteroatoms. The van der Waals surface area contributed by atoms with Gasteiger partial charge >= 0.3 is 55.5 Å². The number of hydrogen-bond donors (Lipinski definition) is 0. The fourth-order valence-corrected chi connectivity index (χ4v) is 4.82. The van der Waals surface area contributed by atoms with Gasteiger partial charge in [-0.25, -0.2) is 0 Å². The summed E-state index contributed by atoms with van der Waals surface area (Å²) in [5.74, 6) is 0. The molecule has 2 atom stereocenters. The standard InChI is InChI=1S/C6H12Te/c1-5-3-4-6(2)7-5/h5-6H,3-4H2,1-2H3. The molecule has 7 heavy (non-hydrogen) atoms. The quantitative estimate of drug-likeness (QED) is 0.539. The summed E-state index contributed by atoms with van der Waals surface area (Å²) in [6.45, 7) is 4.82. The Morgan fingerprint density at radius 1 is 1.14 bits per heavy atom. The third kappa shape index (κ3) is 1.63. The zero-order chi connectivity index (χ0) is 5.28. The van der Waals surface area contributed by atoms with Crippen LogP contribution >= 0.6 is 0 Å². The molecule has 0 spiro atoms. The Hall–Kier alpha value is 0.790. The molecular weight excluding hydrogens is 200 g/mol. The summed E-state index contributed by atoms with van der Waals surface area (Å²) in [6.07, 6.45) is 3.06. The van der Waals surface area contributed by atoms with E-state index in [1.54, 1.807) is 0 Å². The molecule has 1 rings (SSSR count). The fourth-order valence-electron chi connectivity index (χ4n) is 1.00. The molecule has 0 nitrogen and oxygen atoms in total. The van der Waals surface area contributed by atoms with E-state index in [9.17, 15) is 0 Å². The molecule has 0 aliphatic carbocycles. The van der Waals surface area contributed by atoms with Crippen LogP contribution in [0, 0.1) is 0 Å². The van der Waals surface area contributed by atoms with E-state index in [0.29, 0.717) is 20.9 Å². The van der Waals surface area contributed by atoms with Crippen LogP contribution in [-0.4, -0.2) is 20.9 Å². The molecule has 0 saturated carbocycles. The summed E-state index contributed by atoms with van der Waals surface area (Å²) >= 11 is 0.461. The summed E-state index contributed by atoms with van der Waals surface area (Å²) in [5, 5.41) is 0. The maximum absolute atomic E-state index is 2.41. The first-order valence-electron chi connectivity index (χ1n) is 2.94. The van der Waals surface area contributed by atoms with Gasteiger partial charge in [-0.2, -0.15) is 0 Å². The Bertz CT molecular complexity index is 53.2. The zero-order valence-corrected chi connectivity index (χ0v) is 7.31. The van der Waals surface area contributed by atoms with E-state index < -0.39 is 0 Å². The van der Waals surface area contributed by atoms with Gasteiger partial charge in [0, 0.05) is 0 Å². The molecule has 0 bridgehead atoms. The second-order valence-electron chi connectivity index (χ2n) is 2.33. The van der Waals surface area contributed by atoms with Gasteiger partial charge in [-0.3, -0.25) is 0 Å². The van der Waals surface area contributed by atoms with E-state index in [2.05, 4.69) is 13.8 Å². The summed E-state index contributed by atoms with van der Waals surface area (Å²) in [4.78, 5) is 0. The summed E-state index contributed by atoms with van der Waals surface area (Å²) in [5.41, 5.74) is 0. The van der Waals surface area contributed by atoms with E-state index in [-0.39, 0.29) is 0 Å². The van der Waals surface area contributed by atoms with Gasteiger partial charge in [0.05, 0.1) is 0 Å². The molecule has 2 unspecified atom stereocenters. The van der Waals surface area contributed by atoms with Crippen molar-refractivity contribution in [2.75, 3.05) is 0 Å². The van der Waals surface area contributed by atoms with Crippen molar-refractivity contribution < 1.29 is 0 Å². The van der Waals surface area contributed by atoms with Crippen LogP contribution in [0.15, 0.2) is 0 Å². The van der Waals surface area contributed by atoms with Gasteiger partial charge in [0.25, 0.3) is 0 Å². The Morgan fingerprint density at radius 3 is 1.71 bits per heavy atom. The van der Waals surface area contributed by atoms with Crippen molar-refractivity contribution >= 4 is 20.9 Å². The van der Waals surface area contributed by atoms with Crippen molar-refractivity contribution in [1.82, 2.24) is 0 Å². The van der Waals surface area contributed by atoms with Crippen LogP contribution in [0.1, 0.15) is 26.7 Å². The van der Waals surface area contributed by atoms with E-state index >= 15 is 0 Å². The third-order valence-corrected chi connectivity index (χ3v) is 5.44. The van der Waals surface area contributed by atoms with Crippen molar-refractivity contribution in [2.24, 2.45) is 0 Å². The second-order valence-corrected chi connectivity index (χ2v) is 7.71. The maximum atomic E-state index is 2.41. The molecule has 0 aromatic carbocycles. The summed E-state index contributed by atoms with van der Waals surface area (Å²) in [7, 11) is 0. The van der Waals surface area contributed by atoms with E-state index in [0.717, 1.165) is 7.93 Å². The molecule has 0 N–H and O–H groups in total. The van der Waals surface area contributed by atoms with E-state index in [4.69, 9.17) is 0 Å². The average Bonchev–Trinajstić information content (AvgIpc) is 1.87. The first-order chi connectivity index (χ1) is 3.29. The molecule has 1 fully saturated rings. The van der Waals surface area contributed by atoms with Crippen LogP contribution in [0.25, 0.3) is 0 Å². The molecule has 0 amide bonds. The van der Waals surface area contributed by atoms with Crippen molar-refractivity contribution in [3.8, 4) is 0 Å². The first-order valence-corrected chi connectivity index (χ1v) is 5.63. The Labute approximate surface area is 55.8 Å². The van der Waals surface area contributed by atoms with Crippen LogP contribution < -0.4 is 0 Å². The van der Waals surface area contributed by atoms with Crippen LogP contribution in [0.5, 0.6) is 0 Å². The minimum atomic E-state index is 0.461. The predicted molar refractivity (Wildman–Crippen MR) is 33.8 cm³/mol. The summed E-state index contributed by atoms with van der Waals surface area (Å²) < 4.78 is 2.31. The molecule has 1 aliphatic heterocycles. The van der Waals surface area contributed by atoms with Crippen molar-refractivity contribution in [2.45, 2.75) is 34.6 Å². The van der Waals surface area contributed by atoms with Crippen LogP contribution in [0.4, 0.5) is 0 Å².